The molecule has 2 aliphatic carbocycles. The zero-order chi connectivity index (χ0) is 14.8. The summed E-state index contributed by atoms with van der Waals surface area (Å²) >= 11 is 6.46. The predicted octanol–water partition coefficient (Wildman–Crippen LogP) is 3.27. The molecule has 3 atom stereocenters. The number of ether oxygens (including phenoxy) is 1. The van der Waals surface area contributed by atoms with E-state index in [-0.39, 0.29) is 0 Å². The van der Waals surface area contributed by atoms with Crippen LogP contribution >= 0.6 is 11.6 Å². The van der Waals surface area contributed by atoms with Gasteiger partial charge in [0.05, 0.1) is 36.1 Å². The van der Waals surface area contributed by atoms with Crippen LogP contribution in [0.5, 0.6) is 0 Å². The lowest BCUT2D eigenvalue weighted by molar-refractivity contribution is 0.181. The Hall–Kier alpha value is -0.580. The summed E-state index contributed by atoms with van der Waals surface area (Å²) in [5.74, 6) is 2.56. The van der Waals surface area contributed by atoms with Crippen LogP contribution in [0.25, 0.3) is 0 Å². The number of halogens is 1. The molecule has 0 spiro atoms. The van der Waals surface area contributed by atoms with Gasteiger partial charge in [-0.15, -0.1) is 0 Å². The van der Waals surface area contributed by atoms with Crippen LogP contribution in [-0.4, -0.2) is 30.0 Å². The summed E-state index contributed by atoms with van der Waals surface area (Å²) in [6.07, 6.45) is 7.11. The molecule has 0 radical (unpaired) electrons. The molecule has 1 N–H and O–H groups in total. The van der Waals surface area contributed by atoms with Gasteiger partial charge in [-0.1, -0.05) is 24.9 Å². The molecular weight excluding hydrogens is 286 g/mol. The molecule has 2 fully saturated rings. The largest absolute Gasteiger partial charge is 0.383 e. The minimum atomic E-state index is 0.354. The lowest BCUT2D eigenvalue weighted by Gasteiger charge is -2.22. The van der Waals surface area contributed by atoms with Crippen LogP contribution in [0.1, 0.15) is 44.3 Å². The Bertz CT molecular complexity index is 466. The quantitative estimate of drug-likeness (QED) is 0.801. The molecule has 1 aromatic heterocycles. The van der Waals surface area contributed by atoms with Crippen LogP contribution in [0, 0.1) is 17.8 Å². The van der Waals surface area contributed by atoms with Crippen molar-refractivity contribution in [3.8, 4) is 0 Å². The van der Waals surface area contributed by atoms with Gasteiger partial charge in [0.25, 0.3) is 0 Å². The van der Waals surface area contributed by atoms with Crippen LogP contribution in [0.4, 0.5) is 0 Å². The second-order valence-corrected chi connectivity index (χ2v) is 6.77. The molecular formula is C16H26ClN3O. The number of nitrogens with one attached hydrogen (secondary N) is 1. The highest BCUT2D eigenvalue weighted by molar-refractivity contribution is 6.31. The van der Waals surface area contributed by atoms with Crippen LogP contribution in [0.3, 0.4) is 0 Å². The van der Waals surface area contributed by atoms with Gasteiger partial charge in [0.2, 0.25) is 0 Å². The number of nitrogens with zero attached hydrogens (tertiary/aromatic N) is 2. The fourth-order valence-electron chi connectivity index (χ4n) is 4.12. The zero-order valence-electron chi connectivity index (χ0n) is 13.0. The number of methoxy groups -OCH3 is 1. The van der Waals surface area contributed by atoms with Crippen molar-refractivity contribution < 1.29 is 4.74 Å². The number of fused-ring (bicyclic) bond motifs is 1. The Balaban J connectivity index is 1.80. The van der Waals surface area contributed by atoms with Gasteiger partial charge in [0.1, 0.15) is 0 Å². The van der Waals surface area contributed by atoms with Gasteiger partial charge in [0.15, 0.2) is 0 Å². The van der Waals surface area contributed by atoms with E-state index in [0.29, 0.717) is 12.6 Å². The normalized spacial score (nSPS) is 28.6. The molecule has 4 nitrogen and oxygen atoms in total. The first-order valence-corrected chi connectivity index (χ1v) is 8.59. The molecule has 0 aliphatic heterocycles. The topological polar surface area (TPSA) is 39.1 Å². The summed E-state index contributed by atoms with van der Waals surface area (Å²) in [7, 11) is 1.73. The lowest BCUT2D eigenvalue weighted by Crippen LogP contribution is -2.28. The van der Waals surface area contributed by atoms with Crippen LogP contribution < -0.4 is 5.32 Å². The molecule has 5 heteroatoms. The molecule has 0 bridgehead atoms. The van der Waals surface area contributed by atoms with Gasteiger partial charge in [-0.3, -0.25) is 4.68 Å². The molecule has 0 aromatic carbocycles. The Labute approximate surface area is 132 Å². The monoisotopic (exact) mass is 311 g/mol. The van der Waals surface area contributed by atoms with E-state index in [0.717, 1.165) is 42.3 Å². The zero-order valence-corrected chi connectivity index (χ0v) is 13.8. The standard InChI is InChI=1S/C16H26ClN3O/c1-3-7-18-15(14-11-5-4-6-12(11)14)16-13(17)10-19-20(16)8-9-21-2/h10-12,14-15,18H,3-9H2,1-2H3. The maximum atomic E-state index is 6.46. The average molecular weight is 312 g/mol. The SMILES string of the molecule is CCCNC(c1c(Cl)cnn1CCOC)C1C2CCCC21. The maximum Gasteiger partial charge on any atom is 0.0834 e. The average Bonchev–Trinajstić information content (AvgIpc) is 2.84. The molecule has 2 aliphatic rings. The highest BCUT2D eigenvalue weighted by Gasteiger charge is 2.56. The Morgan fingerprint density at radius 2 is 2.24 bits per heavy atom. The molecule has 2 saturated carbocycles. The van der Waals surface area contributed by atoms with Crippen molar-refractivity contribution >= 4 is 11.6 Å². The van der Waals surface area contributed by atoms with Gasteiger partial charge < -0.3 is 10.1 Å². The van der Waals surface area contributed by atoms with E-state index in [9.17, 15) is 0 Å². The first-order valence-electron chi connectivity index (χ1n) is 8.21. The summed E-state index contributed by atoms with van der Waals surface area (Å²) in [5.41, 5.74) is 1.17. The van der Waals surface area contributed by atoms with E-state index in [4.69, 9.17) is 16.3 Å². The van der Waals surface area contributed by atoms with E-state index in [1.165, 1.54) is 25.0 Å². The molecule has 118 valence electrons. The summed E-state index contributed by atoms with van der Waals surface area (Å²) in [4.78, 5) is 0. The number of hydrogen-bond donors (Lipinski definition) is 1. The molecule has 1 aromatic rings. The summed E-state index contributed by atoms with van der Waals surface area (Å²) < 4.78 is 7.23. The van der Waals surface area contributed by atoms with Gasteiger partial charge in [-0.05, 0) is 43.6 Å². The van der Waals surface area contributed by atoms with E-state index in [1.54, 1.807) is 13.3 Å². The van der Waals surface area contributed by atoms with E-state index in [2.05, 4.69) is 17.3 Å². The minimum absolute atomic E-state index is 0.354. The molecule has 3 rings (SSSR count). The first kappa shape index (κ1) is 15.3. The number of hydrogen-bond acceptors (Lipinski definition) is 3. The van der Waals surface area contributed by atoms with Gasteiger partial charge >= 0.3 is 0 Å². The first-order chi connectivity index (χ1) is 10.3. The maximum absolute atomic E-state index is 6.46. The van der Waals surface area contributed by atoms with Crippen molar-refractivity contribution in [3.05, 3.63) is 16.9 Å². The molecule has 0 amide bonds. The third-order valence-corrected chi connectivity index (χ3v) is 5.40. The third-order valence-electron chi connectivity index (χ3n) is 5.11. The molecule has 1 heterocycles. The van der Waals surface area contributed by atoms with Crippen LogP contribution in [-0.2, 0) is 11.3 Å². The van der Waals surface area contributed by atoms with Gasteiger partial charge in [0, 0.05) is 7.11 Å². The van der Waals surface area contributed by atoms with Crippen molar-refractivity contribution in [1.29, 1.82) is 0 Å². The van der Waals surface area contributed by atoms with Crippen molar-refractivity contribution in [2.24, 2.45) is 17.8 Å². The second kappa shape index (κ2) is 6.67. The number of rotatable bonds is 8. The summed E-state index contributed by atoms with van der Waals surface area (Å²) in [5, 5.41) is 8.98. The van der Waals surface area contributed by atoms with Gasteiger partial charge in [-0.2, -0.15) is 5.10 Å². The van der Waals surface area contributed by atoms with Crippen molar-refractivity contribution in [2.45, 2.75) is 45.2 Å². The highest BCUT2D eigenvalue weighted by atomic mass is 35.5. The predicted molar refractivity (Wildman–Crippen MR) is 84.5 cm³/mol. The van der Waals surface area contributed by atoms with Crippen LogP contribution in [0.15, 0.2) is 6.20 Å². The smallest absolute Gasteiger partial charge is 0.0834 e. The Morgan fingerprint density at radius 1 is 1.48 bits per heavy atom. The van der Waals surface area contributed by atoms with Crippen molar-refractivity contribution in [3.63, 3.8) is 0 Å². The lowest BCUT2D eigenvalue weighted by atomic mass is 10.0. The fourth-order valence-corrected chi connectivity index (χ4v) is 4.38. The third kappa shape index (κ3) is 2.99. The van der Waals surface area contributed by atoms with Crippen molar-refractivity contribution in [1.82, 2.24) is 15.1 Å². The summed E-state index contributed by atoms with van der Waals surface area (Å²) in [6.45, 7) is 4.68. The molecule has 21 heavy (non-hydrogen) atoms. The summed E-state index contributed by atoms with van der Waals surface area (Å²) in [6, 6.07) is 0.354. The van der Waals surface area contributed by atoms with Crippen molar-refractivity contribution in [2.75, 3.05) is 20.3 Å². The van der Waals surface area contributed by atoms with Crippen LogP contribution in [0.2, 0.25) is 5.02 Å². The fraction of sp³-hybridized carbons (Fsp3) is 0.812. The Morgan fingerprint density at radius 3 is 2.90 bits per heavy atom. The number of aromatic nitrogens is 2. The van der Waals surface area contributed by atoms with E-state index >= 15 is 0 Å². The minimum Gasteiger partial charge on any atom is -0.383 e. The van der Waals surface area contributed by atoms with E-state index < -0.39 is 0 Å². The molecule has 3 unspecified atom stereocenters. The Kier molecular flexibility index (Phi) is 4.87. The van der Waals surface area contributed by atoms with Gasteiger partial charge in [-0.25, -0.2) is 0 Å². The second-order valence-electron chi connectivity index (χ2n) is 6.36. The molecule has 0 saturated heterocycles. The van der Waals surface area contributed by atoms with E-state index in [1.807, 2.05) is 4.68 Å². The highest BCUT2D eigenvalue weighted by Crippen LogP contribution is 2.62.